The molecule has 0 bridgehead atoms. The summed E-state index contributed by atoms with van der Waals surface area (Å²) in [6, 6.07) is 7.84. The first-order valence-electron chi connectivity index (χ1n) is 7.70. The summed E-state index contributed by atoms with van der Waals surface area (Å²) >= 11 is 5.87. The van der Waals surface area contributed by atoms with Crippen molar-refractivity contribution < 1.29 is 18.6 Å². The van der Waals surface area contributed by atoms with Crippen LogP contribution in [0.3, 0.4) is 0 Å². The second kappa shape index (κ2) is 5.65. The lowest BCUT2D eigenvalue weighted by molar-refractivity contribution is 0.404. The van der Waals surface area contributed by atoms with Crippen molar-refractivity contribution in [1.29, 1.82) is 0 Å². The Morgan fingerprint density at radius 3 is 2.50 bits per heavy atom. The number of hydrogen-bond acceptors (Lipinski definition) is 5. The third-order valence-corrected chi connectivity index (χ3v) is 6.59. The number of nitrogens with one attached hydrogen (secondary N) is 1. The molecule has 1 aromatic heterocycles. The van der Waals surface area contributed by atoms with E-state index in [-0.39, 0.29) is 16.3 Å². The Morgan fingerprint density at radius 1 is 1.15 bits per heavy atom. The van der Waals surface area contributed by atoms with E-state index in [1.165, 1.54) is 40.7 Å². The number of anilines is 1. The van der Waals surface area contributed by atoms with Crippen LogP contribution in [0.5, 0.6) is 11.5 Å². The number of aromatic hydroxyl groups is 2. The number of aromatic amines is 1. The van der Waals surface area contributed by atoms with Gasteiger partial charge in [0, 0.05) is 22.2 Å². The molecular formula is C17H14ClN3O4S. The van der Waals surface area contributed by atoms with Gasteiger partial charge in [0.15, 0.2) is 11.5 Å². The number of benzene rings is 2. The molecule has 1 aliphatic heterocycles. The lowest BCUT2D eigenvalue weighted by atomic mass is 9.96. The summed E-state index contributed by atoms with van der Waals surface area (Å²) in [6.45, 7) is 1.73. The van der Waals surface area contributed by atoms with E-state index in [0.29, 0.717) is 21.8 Å². The quantitative estimate of drug-likeness (QED) is 0.580. The van der Waals surface area contributed by atoms with Crippen LogP contribution in [0.4, 0.5) is 5.69 Å². The van der Waals surface area contributed by atoms with E-state index < -0.39 is 21.8 Å². The van der Waals surface area contributed by atoms with Gasteiger partial charge < -0.3 is 10.2 Å². The fourth-order valence-electron chi connectivity index (χ4n) is 3.17. The van der Waals surface area contributed by atoms with Crippen molar-refractivity contribution in [3.05, 3.63) is 53.2 Å². The summed E-state index contributed by atoms with van der Waals surface area (Å²) in [5, 5.41) is 27.1. The molecule has 134 valence electrons. The summed E-state index contributed by atoms with van der Waals surface area (Å²) in [5.74, 6) is -0.752. The number of aromatic nitrogens is 2. The standard InChI is InChI=1S/C17H14ClN3O4S/c1-9-13-8-19-20-17(13)12-6-15(22)16(23)7-14(12)21(9)26(24,25)11-4-2-10(18)3-5-11/h2-9,22-23H,1H3,(H,19,20). The monoisotopic (exact) mass is 391 g/mol. The Kier molecular flexibility index (Phi) is 3.64. The molecule has 0 aliphatic carbocycles. The number of phenols is 2. The molecular weight excluding hydrogens is 378 g/mol. The molecule has 0 saturated heterocycles. The van der Waals surface area contributed by atoms with Gasteiger partial charge in [-0.1, -0.05) is 11.6 Å². The molecule has 4 rings (SSSR count). The van der Waals surface area contributed by atoms with E-state index in [1.807, 2.05) is 0 Å². The first kappa shape index (κ1) is 16.7. The first-order valence-corrected chi connectivity index (χ1v) is 9.52. The Hall–Kier alpha value is -2.71. The zero-order chi connectivity index (χ0) is 18.6. The summed E-state index contributed by atoms with van der Waals surface area (Å²) in [7, 11) is -3.95. The van der Waals surface area contributed by atoms with Crippen LogP contribution in [0.25, 0.3) is 11.3 Å². The second-order valence-electron chi connectivity index (χ2n) is 5.99. The summed E-state index contributed by atoms with van der Waals surface area (Å²) < 4.78 is 27.8. The predicted octanol–water partition coefficient (Wildman–Crippen LogP) is 3.41. The molecule has 0 fully saturated rings. The van der Waals surface area contributed by atoms with Gasteiger partial charge in [0.25, 0.3) is 10.0 Å². The molecule has 2 aromatic carbocycles. The summed E-state index contributed by atoms with van der Waals surface area (Å²) in [5.41, 5.74) is 1.95. The van der Waals surface area contributed by atoms with Crippen molar-refractivity contribution in [2.45, 2.75) is 17.9 Å². The van der Waals surface area contributed by atoms with Crippen LogP contribution in [-0.2, 0) is 10.0 Å². The van der Waals surface area contributed by atoms with Gasteiger partial charge in [-0.15, -0.1) is 0 Å². The molecule has 2 heterocycles. The van der Waals surface area contributed by atoms with Crippen LogP contribution in [0.15, 0.2) is 47.5 Å². The number of rotatable bonds is 2. The maximum absolute atomic E-state index is 13.3. The van der Waals surface area contributed by atoms with Gasteiger partial charge in [-0.05, 0) is 37.3 Å². The van der Waals surface area contributed by atoms with Crippen LogP contribution < -0.4 is 4.31 Å². The lowest BCUT2D eigenvalue weighted by Crippen LogP contribution is -2.36. The topological polar surface area (TPSA) is 107 Å². The predicted molar refractivity (Wildman–Crippen MR) is 96.9 cm³/mol. The van der Waals surface area contributed by atoms with Crippen LogP contribution in [0, 0.1) is 0 Å². The van der Waals surface area contributed by atoms with Crippen molar-refractivity contribution >= 4 is 27.3 Å². The smallest absolute Gasteiger partial charge is 0.264 e. The fourth-order valence-corrected chi connectivity index (χ4v) is 4.94. The summed E-state index contributed by atoms with van der Waals surface area (Å²) in [4.78, 5) is 0.0687. The Bertz CT molecular complexity index is 1110. The van der Waals surface area contributed by atoms with Crippen LogP contribution in [0.2, 0.25) is 5.02 Å². The molecule has 0 spiro atoms. The zero-order valence-corrected chi connectivity index (χ0v) is 15.1. The van der Waals surface area contributed by atoms with Crippen molar-refractivity contribution in [2.75, 3.05) is 4.31 Å². The Balaban J connectivity index is 1.98. The third kappa shape index (κ3) is 2.33. The molecule has 1 aliphatic rings. The van der Waals surface area contributed by atoms with Gasteiger partial charge >= 0.3 is 0 Å². The van der Waals surface area contributed by atoms with E-state index >= 15 is 0 Å². The molecule has 26 heavy (non-hydrogen) atoms. The SMILES string of the molecule is CC1c2cn[nH]c2-c2cc(O)c(O)cc2N1S(=O)(=O)c1ccc(Cl)cc1. The number of phenolic OH excluding ortho intramolecular Hbond substituents is 2. The van der Waals surface area contributed by atoms with E-state index in [1.54, 1.807) is 13.1 Å². The van der Waals surface area contributed by atoms with Gasteiger partial charge in [-0.3, -0.25) is 9.40 Å². The molecule has 1 atom stereocenters. The van der Waals surface area contributed by atoms with Crippen molar-refractivity contribution in [3.63, 3.8) is 0 Å². The average molecular weight is 392 g/mol. The number of halogens is 1. The minimum atomic E-state index is -3.95. The van der Waals surface area contributed by atoms with Gasteiger partial charge in [0.2, 0.25) is 0 Å². The van der Waals surface area contributed by atoms with E-state index in [2.05, 4.69) is 10.2 Å². The number of sulfonamides is 1. The van der Waals surface area contributed by atoms with E-state index in [4.69, 9.17) is 11.6 Å². The van der Waals surface area contributed by atoms with Gasteiger partial charge in [-0.25, -0.2) is 8.42 Å². The molecule has 1 unspecified atom stereocenters. The van der Waals surface area contributed by atoms with Crippen molar-refractivity contribution in [1.82, 2.24) is 10.2 Å². The fraction of sp³-hybridized carbons (Fsp3) is 0.118. The second-order valence-corrected chi connectivity index (χ2v) is 8.24. The largest absolute Gasteiger partial charge is 0.504 e. The molecule has 9 heteroatoms. The molecule has 3 aromatic rings. The average Bonchev–Trinajstić information content (AvgIpc) is 3.07. The summed E-state index contributed by atoms with van der Waals surface area (Å²) in [6.07, 6.45) is 1.55. The molecule has 3 N–H and O–H groups in total. The maximum atomic E-state index is 13.3. The number of nitrogens with zero attached hydrogens (tertiary/aromatic N) is 2. The number of H-pyrrole nitrogens is 1. The molecule has 7 nitrogen and oxygen atoms in total. The minimum absolute atomic E-state index is 0.0687. The highest BCUT2D eigenvalue weighted by Crippen LogP contribution is 2.49. The molecule has 0 radical (unpaired) electrons. The Morgan fingerprint density at radius 2 is 1.81 bits per heavy atom. The van der Waals surface area contributed by atoms with E-state index in [9.17, 15) is 18.6 Å². The van der Waals surface area contributed by atoms with Gasteiger partial charge in [-0.2, -0.15) is 5.10 Å². The zero-order valence-electron chi connectivity index (χ0n) is 13.5. The van der Waals surface area contributed by atoms with Crippen molar-refractivity contribution in [2.24, 2.45) is 0 Å². The number of fused-ring (bicyclic) bond motifs is 3. The van der Waals surface area contributed by atoms with Crippen LogP contribution in [0.1, 0.15) is 18.5 Å². The minimum Gasteiger partial charge on any atom is -0.504 e. The maximum Gasteiger partial charge on any atom is 0.264 e. The first-order chi connectivity index (χ1) is 12.3. The highest BCUT2D eigenvalue weighted by atomic mass is 35.5. The lowest BCUT2D eigenvalue weighted by Gasteiger charge is -2.35. The van der Waals surface area contributed by atoms with Crippen molar-refractivity contribution in [3.8, 4) is 22.8 Å². The van der Waals surface area contributed by atoms with Crippen LogP contribution >= 0.6 is 11.6 Å². The Labute approximate surface area is 154 Å². The van der Waals surface area contributed by atoms with Gasteiger partial charge in [0.1, 0.15) is 0 Å². The van der Waals surface area contributed by atoms with Gasteiger partial charge in [0.05, 0.1) is 28.5 Å². The molecule has 0 saturated carbocycles. The van der Waals surface area contributed by atoms with Crippen LogP contribution in [-0.4, -0.2) is 28.8 Å². The molecule has 0 amide bonds. The highest BCUT2D eigenvalue weighted by Gasteiger charge is 2.38. The third-order valence-electron chi connectivity index (χ3n) is 4.44. The normalized spacial score (nSPS) is 16.2. The number of hydrogen-bond donors (Lipinski definition) is 3. The van der Waals surface area contributed by atoms with E-state index in [0.717, 1.165) is 0 Å². The highest BCUT2D eigenvalue weighted by molar-refractivity contribution is 7.92.